The predicted molar refractivity (Wildman–Crippen MR) is 118 cm³/mol. The Balaban J connectivity index is 1.85. The second-order valence-electron chi connectivity index (χ2n) is 7.91. The van der Waals surface area contributed by atoms with Crippen molar-refractivity contribution >= 4 is 11.5 Å². The van der Waals surface area contributed by atoms with Crippen molar-refractivity contribution in [3.8, 4) is 11.5 Å². The molecule has 1 unspecified atom stereocenters. The summed E-state index contributed by atoms with van der Waals surface area (Å²) >= 11 is 0. The number of aliphatic hydroxyl groups is 1. The number of aliphatic hydroxyl groups excluding tert-OH is 1. The molecular weight excluding hydrogens is 382 g/mol. The van der Waals surface area contributed by atoms with Crippen LogP contribution in [-0.4, -0.2) is 58.6 Å². The summed E-state index contributed by atoms with van der Waals surface area (Å²) in [6, 6.07) is 10.3. The second-order valence-corrected chi connectivity index (χ2v) is 7.91. The topological polar surface area (TPSA) is 129 Å². The van der Waals surface area contributed by atoms with E-state index >= 15 is 0 Å². The maximum Gasteiger partial charge on any atom is 0.186 e. The third-order valence-electron chi connectivity index (χ3n) is 5.36. The van der Waals surface area contributed by atoms with Crippen LogP contribution in [0.5, 0.6) is 11.5 Å². The molecule has 1 aliphatic rings. The van der Waals surface area contributed by atoms with Crippen molar-refractivity contribution in [2.45, 2.75) is 32.7 Å². The summed E-state index contributed by atoms with van der Waals surface area (Å²) in [7, 11) is 0. The van der Waals surface area contributed by atoms with Crippen molar-refractivity contribution in [2.24, 2.45) is 5.73 Å². The van der Waals surface area contributed by atoms with E-state index in [1.165, 1.54) is 11.0 Å². The first-order chi connectivity index (χ1) is 14.3. The SMILES string of the molecule is CC(C)c1cc(C(=N)N(c2ccc(CN3CCNCC3)cc2)C(N)O)c(O)cc1O. The van der Waals surface area contributed by atoms with E-state index in [0.717, 1.165) is 38.3 Å². The highest BCUT2D eigenvalue weighted by Crippen LogP contribution is 2.33. The zero-order chi connectivity index (χ0) is 21.8. The van der Waals surface area contributed by atoms with E-state index in [2.05, 4.69) is 10.2 Å². The van der Waals surface area contributed by atoms with Crippen molar-refractivity contribution in [1.82, 2.24) is 10.2 Å². The fraction of sp³-hybridized carbons (Fsp3) is 0.409. The minimum Gasteiger partial charge on any atom is -0.508 e. The van der Waals surface area contributed by atoms with Crippen LogP contribution in [-0.2, 0) is 6.54 Å². The van der Waals surface area contributed by atoms with E-state index in [9.17, 15) is 15.3 Å². The minimum atomic E-state index is -1.47. The first-order valence-corrected chi connectivity index (χ1v) is 10.2. The molecule has 1 saturated heterocycles. The van der Waals surface area contributed by atoms with E-state index in [4.69, 9.17) is 11.1 Å². The van der Waals surface area contributed by atoms with Crippen molar-refractivity contribution in [3.05, 3.63) is 53.1 Å². The van der Waals surface area contributed by atoms with Gasteiger partial charge in [-0.2, -0.15) is 0 Å². The lowest BCUT2D eigenvalue weighted by molar-refractivity contribution is 0.192. The van der Waals surface area contributed by atoms with Gasteiger partial charge in [-0.25, -0.2) is 0 Å². The largest absolute Gasteiger partial charge is 0.508 e. The maximum atomic E-state index is 10.3. The normalized spacial score (nSPS) is 15.9. The number of piperazine rings is 1. The smallest absolute Gasteiger partial charge is 0.186 e. The molecule has 0 aliphatic carbocycles. The monoisotopic (exact) mass is 413 g/mol. The van der Waals surface area contributed by atoms with Crippen molar-refractivity contribution in [2.75, 3.05) is 31.1 Å². The molecule has 3 rings (SSSR count). The van der Waals surface area contributed by atoms with E-state index in [1.807, 2.05) is 38.1 Å². The van der Waals surface area contributed by atoms with E-state index < -0.39 is 6.35 Å². The molecular formula is C22H31N5O3. The third-order valence-corrected chi connectivity index (χ3v) is 5.36. The zero-order valence-electron chi connectivity index (χ0n) is 17.5. The lowest BCUT2D eigenvalue weighted by Crippen LogP contribution is -2.46. The van der Waals surface area contributed by atoms with Crippen LogP contribution in [0.3, 0.4) is 0 Å². The summed E-state index contributed by atoms with van der Waals surface area (Å²) in [6.45, 7) is 8.61. The first kappa shape index (κ1) is 22.0. The summed E-state index contributed by atoms with van der Waals surface area (Å²) in [5.74, 6) is -0.434. The molecule has 0 saturated carbocycles. The van der Waals surface area contributed by atoms with Gasteiger partial charge in [0, 0.05) is 44.5 Å². The fourth-order valence-electron chi connectivity index (χ4n) is 3.68. The van der Waals surface area contributed by atoms with Crippen LogP contribution in [0.1, 0.15) is 36.5 Å². The first-order valence-electron chi connectivity index (χ1n) is 10.2. The van der Waals surface area contributed by atoms with Crippen LogP contribution < -0.4 is 16.0 Å². The lowest BCUT2D eigenvalue weighted by Gasteiger charge is -2.29. The number of phenols is 2. The van der Waals surface area contributed by atoms with E-state index in [0.29, 0.717) is 11.3 Å². The molecule has 1 heterocycles. The van der Waals surface area contributed by atoms with Crippen molar-refractivity contribution in [1.29, 1.82) is 5.41 Å². The molecule has 2 aromatic rings. The summed E-state index contributed by atoms with van der Waals surface area (Å²) in [6.07, 6.45) is -1.47. The van der Waals surface area contributed by atoms with Crippen molar-refractivity contribution < 1.29 is 15.3 Å². The summed E-state index contributed by atoms with van der Waals surface area (Å²) in [4.78, 5) is 3.61. The Morgan fingerprint density at radius 3 is 2.33 bits per heavy atom. The van der Waals surface area contributed by atoms with E-state index in [-0.39, 0.29) is 28.8 Å². The molecule has 0 amide bonds. The Morgan fingerprint density at radius 2 is 1.77 bits per heavy atom. The lowest BCUT2D eigenvalue weighted by atomic mass is 9.98. The van der Waals surface area contributed by atoms with Gasteiger partial charge in [0.05, 0.1) is 5.56 Å². The van der Waals surface area contributed by atoms with Gasteiger partial charge in [0.25, 0.3) is 0 Å². The molecule has 1 aliphatic heterocycles. The highest BCUT2D eigenvalue weighted by atomic mass is 16.3. The minimum absolute atomic E-state index is 0.00216. The molecule has 0 spiro atoms. The van der Waals surface area contributed by atoms with Gasteiger partial charge in [-0.1, -0.05) is 26.0 Å². The molecule has 2 aromatic carbocycles. The molecule has 0 radical (unpaired) electrons. The fourth-order valence-corrected chi connectivity index (χ4v) is 3.68. The van der Waals surface area contributed by atoms with Gasteiger partial charge >= 0.3 is 0 Å². The van der Waals surface area contributed by atoms with Crippen LogP contribution >= 0.6 is 0 Å². The Bertz CT molecular complexity index is 877. The molecule has 1 fully saturated rings. The number of rotatable bonds is 6. The van der Waals surface area contributed by atoms with Crippen LogP contribution in [0.4, 0.5) is 5.69 Å². The maximum absolute atomic E-state index is 10.3. The van der Waals surface area contributed by atoms with Crippen LogP contribution in [0.2, 0.25) is 0 Å². The van der Waals surface area contributed by atoms with Crippen LogP contribution in [0.25, 0.3) is 0 Å². The average molecular weight is 414 g/mol. The molecule has 7 N–H and O–H groups in total. The molecule has 8 nitrogen and oxygen atoms in total. The number of phenolic OH excluding ortho intramolecular Hbond substituents is 2. The Labute approximate surface area is 177 Å². The number of nitrogens with two attached hydrogens (primary N) is 1. The number of hydrogen-bond donors (Lipinski definition) is 6. The molecule has 30 heavy (non-hydrogen) atoms. The predicted octanol–water partition coefficient (Wildman–Crippen LogP) is 1.69. The number of nitrogens with one attached hydrogen (secondary N) is 2. The zero-order valence-corrected chi connectivity index (χ0v) is 17.5. The van der Waals surface area contributed by atoms with Crippen molar-refractivity contribution in [3.63, 3.8) is 0 Å². The number of benzene rings is 2. The Kier molecular flexibility index (Phi) is 6.94. The molecule has 162 valence electrons. The summed E-state index contributed by atoms with van der Waals surface area (Å²) < 4.78 is 0. The van der Waals surface area contributed by atoms with Crippen LogP contribution in [0.15, 0.2) is 36.4 Å². The van der Waals surface area contributed by atoms with E-state index in [1.54, 1.807) is 6.07 Å². The van der Waals surface area contributed by atoms with Gasteiger partial charge in [-0.15, -0.1) is 0 Å². The molecule has 0 aromatic heterocycles. The number of nitrogens with zero attached hydrogens (tertiary/aromatic N) is 2. The Morgan fingerprint density at radius 1 is 1.13 bits per heavy atom. The highest BCUT2D eigenvalue weighted by molar-refractivity contribution is 6.10. The van der Waals surface area contributed by atoms with Gasteiger partial charge in [-0.05, 0) is 35.2 Å². The van der Waals surface area contributed by atoms with Gasteiger partial charge in [0.15, 0.2) is 6.35 Å². The van der Waals surface area contributed by atoms with Gasteiger partial charge < -0.3 is 20.6 Å². The number of hydrogen-bond acceptors (Lipinski definition) is 7. The number of amidine groups is 1. The average Bonchev–Trinajstić information content (AvgIpc) is 2.69. The highest BCUT2D eigenvalue weighted by Gasteiger charge is 2.23. The molecule has 1 atom stereocenters. The second kappa shape index (κ2) is 9.44. The van der Waals surface area contributed by atoms with Crippen LogP contribution in [0, 0.1) is 5.41 Å². The molecule has 8 heteroatoms. The third kappa shape index (κ3) is 4.91. The molecule has 0 bridgehead atoms. The quantitative estimate of drug-likeness (QED) is 0.241. The number of anilines is 1. The number of aromatic hydroxyl groups is 2. The van der Waals surface area contributed by atoms with Gasteiger partial charge in [-0.3, -0.25) is 20.9 Å². The summed E-state index contributed by atoms with van der Waals surface area (Å²) in [5.41, 5.74) is 8.23. The van der Waals surface area contributed by atoms with Gasteiger partial charge in [0.2, 0.25) is 0 Å². The van der Waals surface area contributed by atoms with Gasteiger partial charge in [0.1, 0.15) is 17.3 Å². The summed E-state index contributed by atoms with van der Waals surface area (Å²) in [5, 5.41) is 42.5. The Hall–Kier alpha value is -2.65. The standard InChI is InChI=1S/C22H31N5O3/c1-14(2)17-11-18(20(29)12-19(17)28)21(23)27(22(24)30)16-5-3-15(4-6-16)13-26-9-7-25-8-10-26/h3-6,11-12,14,22-23,25,28-30H,7-10,13,24H2,1-2H3.